The fourth-order valence-corrected chi connectivity index (χ4v) is 1.06. The molecule has 1 rings (SSSR count). The number of hydrogen-bond donors (Lipinski definition) is 3. The topological polar surface area (TPSA) is 69.6 Å². The summed E-state index contributed by atoms with van der Waals surface area (Å²) < 4.78 is 0. The first-order chi connectivity index (χ1) is 6.06. The van der Waals surface area contributed by atoms with Crippen molar-refractivity contribution in [3.8, 4) is 0 Å². The van der Waals surface area contributed by atoms with Crippen molar-refractivity contribution in [3.63, 3.8) is 0 Å². The van der Waals surface area contributed by atoms with Crippen LogP contribution in [0.2, 0.25) is 0 Å². The molecule has 70 valence electrons. The lowest BCUT2D eigenvalue weighted by Crippen LogP contribution is -2.47. The number of aliphatic hydroxyl groups is 2. The first-order valence-electron chi connectivity index (χ1n) is 3.80. The van der Waals surface area contributed by atoms with Gasteiger partial charge in [0.05, 0.1) is 12.2 Å². The standard InChI is InChI=1S/C9H11NO3/c1-2-8(12)10-9(13)5-3-4-7(11)6-9/h2-5,11,13H,1,6H2,(H,10,12). The van der Waals surface area contributed by atoms with Gasteiger partial charge < -0.3 is 15.5 Å². The van der Waals surface area contributed by atoms with Gasteiger partial charge in [-0.2, -0.15) is 0 Å². The van der Waals surface area contributed by atoms with E-state index in [1.807, 2.05) is 0 Å². The van der Waals surface area contributed by atoms with Gasteiger partial charge in [-0.15, -0.1) is 0 Å². The molecule has 1 aliphatic carbocycles. The average molecular weight is 181 g/mol. The summed E-state index contributed by atoms with van der Waals surface area (Å²) in [5.74, 6) is -0.462. The van der Waals surface area contributed by atoms with Crippen LogP contribution in [0.3, 0.4) is 0 Å². The molecule has 1 unspecified atom stereocenters. The lowest BCUT2D eigenvalue weighted by Gasteiger charge is -2.26. The van der Waals surface area contributed by atoms with Crippen molar-refractivity contribution >= 4 is 5.91 Å². The van der Waals surface area contributed by atoms with Crippen LogP contribution in [0.5, 0.6) is 0 Å². The first-order valence-corrected chi connectivity index (χ1v) is 3.80. The highest BCUT2D eigenvalue weighted by Gasteiger charge is 2.27. The third-order valence-corrected chi connectivity index (χ3v) is 1.64. The van der Waals surface area contributed by atoms with Gasteiger partial charge in [0.1, 0.15) is 0 Å². The Bertz CT molecular complexity index is 293. The summed E-state index contributed by atoms with van der Waals surface area (Å²) in [4.78, 5) is 10.9. The van der Waals surface area contributed by atoms with E-state index in [1.165, 1.54) is 18.2 Å². The fourth-order valence-electron chi connectivity index (χ4n) is 1.06. The fraction of sp³-hybridized carbons (Fsp3) is 0.222. The minimum Gasteiger partial charge on any atom is -0.512 e. The summed E-state index contributed by atoms with van der Waals surface area (Å²) in [5, 5.41) is 21.1. The molecule has 0 saturated heterocycles. The van der Waals surface area contributed by atoms with Crippen LogP contribution in [0.25, 0.3) is 0 Å². The molecule has 0 radical (unpaired) electrons. The highest BCUT2D eigenvalue weighted by molar-refractivity contribution is 5.87. The second kappa shape index (κ2) is 3.45. The number of carbonyl (C=O) groups is 1. The van der Waals surface area contributed by atoms with Crippen molar-refractivity contribution in [1.82, 2.24) is 5.32 Å². The van der Waals surface area contributed by atoms with Crippen molar-refractivity contribution in [2.24, 2.45) is 0 Å². The summed E-state index contributed by atoms with van der Waals surface area (Å²) in [6.07, 6.45) is 5.36. The Labute approximate surface area is 75.9 Å². The van der Waals surface area contributed by atoms with E-state index < -0.39 is 11.6 Å². The third-order valence-electron chi connectivity index (χ3n) is 1.64. The number of amides is 1. The van der Waals surface area contributed by atoms with Crippen LogP contribution in [0.4, 0.5) is 0 Å². The largest absolute Gasteiger partial charge is 0.512 e. The molecular weight excluding hydrogens is 170 g/mol. The van der Waals surface area contributed by atoms with E-state index in [9.17, 15) is 9.90 Å². The molecule has 1 atom stereocenters. The Morgan fingerprint density at radius 3 is 3.00 bits per heavy atom. The normalized spacial score (nSPS) is 26.4. The molecule has 4 nitrogen and oxygen atoms in total. The molecule has 0 aromatic carbocycles. The molecule has 0 saturated carbocycles. The Balaban J connectivity index is 2.68. The van der Waals surface area contributed by atoms with Crippen molar-refractivity contribution in [1.29, 1.82) is 0 Å². The number of carbonyl (C=O) groups excluding carboxylic acids is 1. The van der Waals surface area contributed by atoms with Gasteiger partial charge >= 0.3 is 0 Å². The van der Waals surface area contributed by atoms with E-state index in [2.05, 4.69) is 11.9 Å². The SMILES string of the molecule is C=CC(=O)NC1(O)C=CC=C(O)C1. The predicted molar refractivity (Wildman–Crippen MR) is 47.8 cm³/mol. The molecule has 0 bridgehead atoms. The highest BCUT2D eigenvalue weighted by Crippen LogP contribution is 2.18. The van der Waals surface area contributed by atoms with Crippen molar-refractivity contribution in [2.75, 3.05) is 0 Å². The second-order valence-corrected chi connectivity index (χ2v) is 2.81. The third kappa shape index (κ3) is 2.45. The quantitative estimate of drug-likeness (QED) is 0.426. The summed E-state index contributed by atoms with van der Waals surface area (Å²) in [7, 11) is 0. The maximum atomic E-state index is 10.9. The minimum absolute atomic E-state index is 0.0226. The van der Waals surface area contributed by atoms with Gasteiger partial charge in [0.2, 0.25) is 5.91 Å². The van der Waals surface area contributed by atoms with E-state index in [-0.39, 0.29) is 12.2 Å². The van der Waals surface area contributed by atoms with E-state index in [4.69, 9.17) is 5.11 Å². The van der Waals surface area contributed by atoms with E-state index in [1.54, 1.807) is 0 Å². The molecule has 0 fully saturated rings. The molecular formula is C9H11NO3. The van der Waals surface area contributed by atoms with Crippen LogP contribution in [0.15, 0.2) is 36.6 Å². The zero-order chi connectivity index (χ0) is 9.90. The molecule has 0 aliphatic heterocycles. The Hall–Kier alpha value is -1.55. The van der Waals surface area contributed by atoms with Gasteiger partial charge in [-0.05, 0) is 18.2 Å². The zero-order valence-electron chi connectivity index (χ0n) is 7.03. The Kier molecular flexibility index (Phi) is 2.53. The van der Waals surface area contributed by atoms with Gasteiger partial charge in [0.25, 0.3) is 0 Å². The summed E-state index contributed by atoms with van der Waals surface area (Å²) in [5.41, 5.74) is -1.50. The second-order valence-electron chi connectivity index (χ2n) is 2.81. The number of aliphatic hydroxyl groups excluding tert-OH is 1. The maximum Gasteiger partial charge on any atom is 0.245 e. The van der Waals surface area contributed by atoms with E-state index in [0.717, 1.165) is 6.08 Å². The molecule has 1 aliphatic rings. The maximum absolute atomic E-state index is 10.9. The number of allylic oxidation sites excluding steroid dienone is 2. The molecule has 1 amide bonds. The van der Waals surface area contributed by atoms with E-state index in [0.29, 0.717) is 0 Å². The molecule has 0 heterocycles. The van der Waals surface area contributed by atoms with Crippen molar-refractivity contribution in [3.05, 3.63) is 36.6 Å². The van der Waals surface area contributed by atoms with Crippen molar-refractivity contribution < 1.29 is 15.0 Å². The Morgan fingerprint density at radius 1 is 1.77 bits per heavy atom. The molecule has 13 heavy (non-hydrogen) atoms. The minimum atomic E-state index is -1.50. The van der Waals surface area contributed by atoms with Gasteiger partial charge in [-0.3, -0.25) is 4.79 Å². The van der Waals surface area contributed by atoms with Crippen LogP contribution in [0.1, 0.15) is 6.42 Å². The Morgan fingerprint density at radius 2 is 2.46 bits per heavy atom. The van der Waals surface area contributed by atoms with Gasteiger partial charge in [0, 0.05) is 0 Å². The first kappa shape index (κ1) is 9.54. The van der Waals surface area contributed by atoms with Crippen molar-refractivity contribution in [2.45, 2.75) is 12.1 Å². The molecule has 3 N–H and O–H groups in total. The molecule has 0 aromatic heterocycles. The summed E-state index contributed by atoms with van der Waals surface area (Å²) >= 11 is 0. The summed E-state index contributed by atoms with van der Waals surface area (Å²) in [6, 6.07) is 0. The molecule has 4 heteroatoms. The molecule has 0 aromatic rings. The zero-order valence-corrected chi connectivity index (χ0v) is 7.03. The van der Waals surface area contributed by atoms with Crippen LogP contribution in [-0.2, 0) is 4.79 Å². The highest BCUT2D eigenvalue weighted by atomic mass is 16.3. The number of rotatable bonds is 2. The monoisotopic (exact) mass is 181 g/mol. The van der Waals surface area contributed by atoms with Crippen LogP contribution in [0, 0.1) is 0 Å². The van der Waals surface area contributed by atoms with Gasteiger partial charge in [0.15, 0.2) is 5.72 Å². The average Bonchev–Trinajstić information content (AvgIpc) is 2.02. The smallest absolute Gasteiger partial charge is 0.245 e. The van der Waals surface area contributed by atoms with Crippen LogP contribution < -0.4 is 5.32 Å². The van der Waals surface area contributed by atoms with Gasteiger partial charge in [-0.25, -0.2) is 0 Å². The number of nitrogens with one attached hydrogen (secondary N) is 1. The predicted octanol–water partition coefficient (Wildman–Crippen LogP) is 0.379. The molecule has 0 spiro atoms. The van der Waals surface area contributed by atoms with Gasteiger partial charge in [-0.1, -0.05) is 12.7 Å². The summed E-state index contributed by atoms with van der Waals surface area (Å²) in [6.45, 7) is 3.25. The number of hydrogen-bond acceptors (Lipinski definition) is 3. The van der Waals surface area contributed by atoms with Crippen LogP contribution >= 0.6 is 0 Å². The van der Waals surface area contributed by atoms with E-state index >= 15 is 0 Å². The lowest BCUT2D eigenvalue weighted by molar-refractivity contribution is -0.121. The lowest BCUT2D eigenvalue weighted by atomic mass is 10.0. The van der Waals surface area contributed by atoms with Crippen LogP contribution in [-0.4, -0.2) is 21.8 Å².